The van der Waals surface area contributed by atoms with Gasteiger partial charge in [-0.15, -0.1) is 0 Å². The highest BCUT2D eigenvalue weighted by atomic mass is 35.5. The third kappa shape index (κ3) is 4.50. The first-order valence-electron chi connectivity index (χ1n) is 7.29. The van der Waals surface area contributed by atoms with Gasteiger partial charge in [0.05, 0.1) is 10.0 Å². The summed E-state index contributed by atoms with van der Waals surface area (Å²) in [6.07, 6.45) is 4.29. The minimum Gasteiger partial charge on any atom is -0.322 e. The average Bonchev–Trinajstić information content (AvgIpc) is 2.49. The lowest BCUT2D eigenvalue weighted by molar-refractivity contribution is 0.158. The van der Waals surface area contributed by atoms with Crippen LogP contribution in [0.15, 0.2) is 18.2 Å². The van der Waals surface area contributed by atoms with Crippen LogP contribution in [0, 0.1) is 0 Å². The second kappa shape index (κ2) is 7.87. The molecule has 6 heteroatoms. The Labute approximate surface area is 135 Å². The van der Waals surface area contributed by atoms with Crippen molar-refractivity contribution in [3.8, 4) is 0 Å². The second-order valence-electron chi connectivity index (χ2n) is 5.29. The predicted octanol–water partition coefficient (Wildman–Crippen LogP) is 3.99. The van der Waals surface area contributed by atoms with Crippen LogP contribution in [0.4, 0.5) is 10.5 Å². The molecule has 0 aromatic heterocycles. The number of urea groups is 1. The molecule has 1 aliphatic rings. The molecule has 1 saturated heterocycles. The van der Waals surface area contributed by atoms with E-state index in [1.165, 1.54) is 6.42 Å². The van der Waals surface area contributed by atoms with Crippen molar-refractivity contribution in [3.05, 3.63) is 28.2 Å². The van der Waals surface area contributed by atoms with E-state index in [4.69, 9.17) is 23.2 Å². The van der Waals surface area contributed by atoms with Crippen molar-refractivity contribution in [1.82, 2.24) is 10.2 Å². The standard InChI is InChI=1S/C15H21Cl2N3O/c1-18-8-7-12-4-2-3-9-20(12)15(21)19-11-5-6-13(16)14(17)10-11/h5-6,10,12,18H,2-4,7-9H2,1H3,(H,19,21). The number of halogens is 2. The summed E-state index contributed by atoms with van der Waals surface area (Å²) in [5.41, 5.74) is 0.673. The van der Waals surface area contributed by atoms with Gasteiger partial charge in [-0.05, 0) is 57.5 Å². The van der Waals surface area contributed by atoms with Crippen molar-refractivity contribution in [2.24, 2.45) is 0 Å². The van der Waals surface area contributed by atoms with Gasteiger partial charge in [-0.3, -0.25) is 0 Å². The van der Waals surface area contributed by atoms with Gasteiger partial charge < -0.3 is 15.5 Å². The number of piperidine rings is 1. The molecule has 2 amide bonds. The normalized spacial score (nSPS) is 18.6. The van der Waals surface area contributed by atoms with Gasteiger partial charge in [0.25, 0.3) is 0 Å². The fourth-order valence-electron chi connectivity index (χ4n) is 2.65. The van der Waals surface area contributed by atoms with Crippen LogP contribution >= 0.6 is 23.2 Å². The monoisotopic (exact) mass is 329 g/mol. The third-order valence-electron chi connectivity index (χ3n) is 3.79. The maximum atomic E-state index is 12.5. The van der Waals surface area contributed by atoms with Crippen LogP contribution < -0.4 is 10.6 Å². The Morgan fingerprint density at radius 1 is 1.33 bits per heavy atom. The maximum Gasteiger partial charge on any atom is 0.322 e. The molecule has 1 heterocycles. The fraction of sp³-hybridized carbons (Fsp3) is 0.533. The Kier molecular flexibility index (Phi) is 6.15. The van der Waals surface area contributed by atoms with Crippen molar-refractivity contribution in [1.29, 1.82) is 0 Å². The molecular weight excluding hydrogens is 309 g/mol. The molecule has 1 aromatic rings. The van der Waals surface area contributed by atoms with Crippen LogP contribution in [-0.4, -0.2) is 37.1 Å². The molecule has 0 radical (unpaired) electrons. The first kappa shape index (κ1) is 16.4. The minimum atomic E-state index is -0.0609. The lowest BCUT2D eigenvalue weighted by Crippen LogP contribution is -2.46. The number of nitrogens with one attached hydrogen (secondary N) is 2. The van der Waals surface area contributed by atoms with Crippen LogP contribution in [-0.2, 0) is 0 Å². The zero-order chi connectivity index (χ0) is 15.2. The SMILES string of the molecule is CNCCC1CCCCN1C(=O)Nc1ccc(Cl)c(Cl)c1. The highest BCUT2D eigenvalue weighted by molar-refractivity contribution is 6.42. The number of amides is 2. The molecule has 0 saturated carbocycles. The van der Waals surface area contributed by atoms with Crippen LogP contribution in [0.2, 0.25) is 10.0 Å². The molecule has 1 fully saturated rings. The van der Waals surface area contributed by atoms with Gasteiger partial charge in [0.1, 0.15) is 0 Å². The largest absolute Gasteiger partial charge is 0.322 e. The van der Waals surface area contributed by atoms with E-state index in [1.54, 1.807) is 18.2 Å². The highest BCUT2D eigenvalue weighted by Gasteiger charge is 2.26. The van der Waals surface area contributed by atoms with Crippen LogP contribution in [0.5, 0.6) is 0 Å². The van der Waals surface area contributed by atoms with E-state index in [2.05, 4.69) is 10.6 Å². The fourth-order valence-corrected chi connectivity index (χ4v) is 2.95. The van der Waals surface area contributed by atoms with E-state index in [-0.39, 0.29) is 6.03 Å². The van der Waals surface area contributed by atoms with E-state index in [9.17, 15) is 4.79 Å². The van der Waals surface area contributed by atoms with Crippen molar-refractivity contribution in [2.75, 3.05) is 25.5 Å². The molecule has 1 unspecified atom stereocenters. The average molecular weight is 330 g/mol. The van der Waals surface area contributed by atoms with Gasteiger partial charge in [-0.25, -0.2) is 4.79 Å². The Morgan fingerprint density at radius 3 is 2.86 bits per heavy atom. The molecular formula is C15H21Cl2N3O. The van der Waals surface area contributed by atoms with E-state index >= 15 is 0 Å². The minimum absolute atomic E-state index is 0.0609. The number of carbonyl (C=O) groups is 1. The molecule has 0 aliphatic carbocycles. The number of carbonyl (C=O) groups excluding carboxylic acids is 1. The van der Waals surface area contributed by atoms with Gasteiger partial charge in [0.15, 0.2) is 0 Å². The zero-order valence-corrected chi connectivity index (χ0v) is 13.7. The van der Waals surface area contributed by atoms with Gasteiger partial charge in [-0.2, -0.15) is 0 Å². The number of hydrogen-bond donors (Lipinski definition) is 2. The van der Waals surface area contributed by atoms with Crippen LogP contribution in [0.25, 0.3) is 0 Å². The second-order valence-corrected chi connectivity index (χ2v) is 6.11. The highest BCUT2D eigenvalue weighted by Crippen LogP contribution is 2.26. The lowest BCUT2D eigenvalue weighted by Gasteiger charge is -2.35. The van der Waals surface area contributed by atoms with Gasteiger partial charge in [-0.1, -0.05) is 23.2 Å². The predicted molar refractivity (Wildman–Crippen MR) is 88.4 cm³/mol. The van der Waals surface area contributed by atoms with Gasteiger partial charge >= 0.3 is 6.03 Å². The molecule has 116 valence electrons. The van der Waals surface area contributed by atoms with E-state index < -0.39 is 0 Å². The lowest BCUT2D eigenvalue weighted by atomic mass is 10.00. The third-order valence-corrected chi connectivity index (χ3v) is 4.53. The van der Waals surface area contributed by atoms with Crippen molar-refractivity contribution < 1.29 is 4.79 Å². The molecule has 2 rings (SSSR count). The number of hydrogen-bond acceptors (Lipinski definition) is 2. The van der Waals surface area contributed by atoms with Crippen molar-refractivity contribution in [2.45, 2.75) is 31.7 Å². The Bertz CT molecular complexity index is 496. The summed E-state index contributed by atoms with van der Waals surface area (Å²) in [6.45, 7) is 1.72. The molecule has 2 N–H and O–H groups in total. The molecule has 21 heavy (non-hydrogen) atoms. The molecule has 0 spiro atoms. The Balaban J connectivity index is 2.01. The summed E-state index contributed by atoms with van der Waals surface area (Å²) >= 11 is 11.9. The summed E-state index contributed by atoms with van der Waals surface area (Å²) in [7, 11) is 1.93. The molecule has 1 aliphatic heterocycles. The number of likely N-dealkylation sites (tertiary alicyclic amines) is 1. The Morgan fingerprint density at radius 2 is 2.14 bits per heavy atom. The van der Waals surface area contributed by atoms with Crippen LogP contribution in [0.1, 0.15) is 25.7 Å². The Hall–Kier alpha value is -0.970. The first-order valence-corrected chi connectivity index (χ1v) is 8.04. The molecule has 0 bridgehead atoms. The summed E-state index contributed by atoms with van der Waals surface area (Å²) < 4.78 is 0. The molecule has 1 aromatic carbocycles. The smallest absolute Gasteiger partial charge is 0.322 e. The number of benzene rings is 1. The van der Waals surface area contributed by atoms with E-state index in [0.29, 0.717) is 21.8 Å². The summed E-state index contributed by atoms with van der Waals surface area (Å²) in [4.78, 5) is 14.4. The van der Waals surface area contributed by atoms with E-state index in [1.807, 2.05) is 11.9 Å². The van der Waals surface area contributed by atoms with Crippen molar-refractivity contribution >= 4 is 34.9 Å². The topological polar surface area (TPSA) is 44.4 Å². The quantitative estimate of drug-likeness (QED) is 0.877. The van der Waals surface area contributed by atoms with E-state index in [0.717, 1.165) is 32.4 Å². The number of rotatable bonds is 4. The number of anilines is 1. The first-order chi connectivity index (χ1) is 10.1. The summed E-state index contributed by atoms with van der Waals surface area (Å²) in [5, 5.41) is 6.99. The maximum absolute atomic E-state index is 12.5. The van der Waals surface area contributed by atoms with Gasteiger partial charge in [0.2, 0.25) is 0 Å². The summed E-state index contributed by atoms with van der Waals surface area (Å²) in [6, 6.07) is 5.37. The zero-order valence-electron chi connectivity index (χ0n) is 12.2. The van der Waals surface area contributed by atoms with Gasteiger partial charge in [0, 0.05) is 18.3 Å². The van der Waals surface area contributed by atoms with Crippen LogP contribution in [0.3, 0.4) is 0 Å². The summed E-state index contributed by atoms with van der Waals surface area (Å²) in [5.74, 6) is 0. The van der Waals surface area contributed by atoms with Crippen molar-refractivity contribution in [3.63, 3.8) is 0 Å². The number of nitrogens with zero attached hydrogens (tertiary/aromatic N) is 1. The molecule has 1 atom stereocenters. The molecule has 4 nitrogen and oxygen atoms in total.